The Balaban J connectivity index is 1.74. The Hall–Kier alpha value is -0.570. The second-order valence-electron chi connectivity index (χ2n) is 8.29. The van der Waals surface area contributed by atoms with Gasteiger partial charge in [-0.05, 0) is 37.5 Å². The van der Waals surface area contributed by atoms with Gasteiger partial charge < -0.3 is 9.84 Å². The second-order valence-corrected chi connectivity index (χ2v) is 8.29. The van der Waals surface area contributed by atoms with Crippen molar-refractivity contribution in [2.24, 2.45) is 23.2 Å². The fourth-order valence-corrected chi connectivity index (χ4v) is 6.72. The van der Waals surface area contributed by atoms with Gasteiger partial charge in [-0.1, -0.05) is 44.9 Å². The summed E-state index contributed by atoms with van der Waals surface area (Å²) in [7, 11) is 0. The Bertz CT molecular complexity index is 424. The first-order chi connectivity index (χ1) is 10.1. The fourth-order valence-electron chi connectivity index (χ4n) is 6.72. The predicted octanol–water partition coefficient (Wildman–Crippen LogP) is 3.44. The molecule has 21 heavy (non-hydrogen) atoms. The smallest absolute Gasteiger partial charge is 0.335 e. The molecular formula is C18H28O3. The van der Waals surface area contributed by atoms with Gasteiger partial charge in [0.15, 0.2) is 6.10 Å². The first-order valence-electron chi connectivity index (χ1n) is 8.97. The number of aliphatic hydroxyl groups is 1. The van der Waals surface area contributed by atoms with Crippen LogP contribution in [0.15, 0.2) is 0 Å². The Morgan fingerprint density at radius 3 is 2.14 bits per heavy atom. The number of carbonyl (C=O) groups excluding carboxylic acids is 1. The molecule has 0 aromatic carbocycles. The average molecular weight is 292 g/mol. The van der Waals surface area contributed by atoms with Gasteiger partial charge in [-0.25, -0.2) is 4.79 Å². The van der Waals surface area contributed by atoms with E-state index in [0.717, 1.165) is 17.8 Å². The first kappa shape index (κ1) is 14.0. The minimum Gasteiger partial charge on any atom is -0.457 e. The first-order valence-corrected chi connectivity index (χ1v) is 8.97. The van der Waals surface area contributed by atoms with Gasteiger partial charge in [0.25, 0.3) is 0 Å². The van der Waals surface area contributed by atoms with E-state index >= 15 is 0 Å². The summed E-state index contributed by atoms with van der Waals surface area (Å²) >= 11 is 0. The molecule has 0 radical (unpaired) electrons. The maximum absolute atomic E-state index is 11.9. The lowest BCUT2D eigenvalue weighted by Crippen LogP contribution is -2.59. The van der Waals surface area contributed by atoms with Crippen LogP contribution in [0.3, 0.4) is 0 Å². The fraction of sp³-hybridized carbons (Fsp3) is 0.944. The molecule has 3 aliphatic carbocycles. The Labute approximate surface area is 127 Å². The summed E-state index contributed by atoms with van der Waals surface area (Å²) in [6, 6.07) is 0. The van der Waals surface area contributed by atoms with Crippen LogP contribution in [0.1, 0.15) is 71.1 Å². The van der Waals surface area contributed by atoms with Crippen LogP contribution >= 0.6 is 0 Å². The molecule has 1 aliphatic heterocycles. The van der Waals surface area contributed by atoms with E-state index in [0.29, 0.717) is 6.42 Å². The minimum absolute atomic E-state index is 0.145. The largest absolute Gasteiger partial charge is 0.457 e. The molecule has 4 fully saturated rings. The van der Waals surface area contributed by atoms with E-state index in [9.17, 15) is 9.90 Å². The van der Waals surface area contributed by atoms with Crippen molar-refractivity contribution in [3.8, 4) is 0 Å². The number of ether oxygens (including phenoxy) is 1. The van der Waals surface area contributed by atoms with Crippen LogP contribution in [0.5, 0.6) is 0 Å². The van der Waals surface area contributed by atoms with Crippen molar-refractivity contribution < 1.29 is 14.6 Å². The van der Waals surface area contributed by atoms with Crippen LogP contribution in [0.2, 0.25) is 0 Å². The molecule has 1 N–H and O–H groups in total. The third-order valence-electron chi connectivity index (χ3n) is 7.43. The van der Waals surface area contributed by atoms with E-state index in [2.05, 4.69) is 6.92 Å². The lowest BCUT2D eigenvalue weighted by atomic mass is 9.44. The Morgan fingerprint density at radius 2 is 1.62 bits per heavy atom. The van der Waals surface area contributed by atoms with Gasteiger partial charge in [-0.2, -0.15) is 0 Å². The quantitative estimate of drug-likeness (QED) is 0.753. The van der Waals surface area contributed by atoms with E-state index in [1.807, 2.05) is 0 Å². The molecule has 1 saturated heterocycles. The average Bonchev–Trinajstić information content (AvgIpc) is 2.74. The van der Waals surface area contributed by atoms with Gasteiger partial charge in [0.1, 0.15) is 5.60 Å². The molecule has 1 heterocycles. The third kappa shape index (κ3) is 1.85. The van der Waals surface area contributed by atoms with Gasteiger partial charge in [-0.3, -0.25) is 0 Å². The number of aliphatic hydroxyl groups excluding tert-OH is 1. The summed E-state index contributed by atoms with van der Waals surface area (Å²) in [6.07, 6.45) is 11.4. The number of rotatable bonds is 1. The summed E-state index contributed by atoms with van der Waals surface area (Å²) in [5.41, 5.74) is -0.282. The van der Waals surface area contributed by atoms with Gasteiger partial charge in [0.05, 0.1) is 0 Å². The normalized spacial score (nSPS) is 53.1. The van der Waals surface area contributed by atoms with Gasteiger partial charge >= 0.3 is 5.97 Å². The molecule has 0 aromatic heterocycles. The van der Waals surface area contributed by atoms with Crippen molar-refractivity contribution in [1.29, 1.82) is 0 Å². The topological polar surface area (TPSA) is 46.5 Å². The lowest BCUT2D eigenvalue weighted by molar-refractivity contribution is -0.195. The number of hydrogen-bond donors (Lipinski definition) is 1. The van der Waals surface area contributed by atoms with Crippen LogP contribution in [0, 0.1) is 23.2 Å². The van der Waals surface area contributed by atoms with Crippen LogP contribution in [-0.4, -0.2) is 22.8 Å². The SMILES string of the molecule is CC1(C23CCCC4CCCC(CCC2)C43)CC(O)C(=O)O1. The zero-order valence-electron chi connectivity index (χ0n) is 13.1. The van der Waals surface area contributed by atoms with E-state index in [1.54, 1.807) is 0 Å². The molecule has 4 unspecified atom stereocenters. The monoisotopic (exact) mass is 292 g/mol. The highest BCUT2D eigenvalue weighted by molar-refractivity contribution is 5.77. The summed E-state index contributed by atoms with van der Waals surface area (Å²) < 4.78 is 5.84. The molecule has 118 valence electrons. The molecule has 4 atom stereocenters. The lowest BCUT2D eigenvalue weighted by Gasteiger charge is -2.61. The van der Waals surface area contributed by atoms with Crippen molar-refractivity contribution in [3.05, 3.63) is 0 Å². The zero-order valence-corrected chi connectivity index (χ0v) is 13.1. The molecule has 0 aromatic rings. The molecule has 3 nitrogen and oxygen atoms in total. The summed E-state index contributed by atoms with van der Waals surface area (Å²) in [5.74, 6) is 2.03. The molecule has 3 saturated carbocycles. The van der Waals surface area contributed by atoms with Crippen molar-refractivity contribution in [3.63, 3.8) is 0 Å². The van der Waals surface area contributed by atoms with Crippen LogP contribution in [0.25, 0.3) is 0 Å². The third-order valence-corrected chi connectivity index (χ3v) is 7.43. The molecule has 3 heteroatoms. The minimum atomic E-state index is -0.895. The van der Waals surface area contributed by atoms with Gasteiger partial charge in [-0.15, -0.1) is 0 Å². The standard InChI is InChI=1S/C18H28O3/c1-17(11-14(19)16(20)21-17)18-9-3-7-12-5-2-6-13(15(12)18)8-4-10-18/h12-15,19H,2-11H2,1H3. The molecule has 4 aliphatic rings. The molecule has 0 spiro atoms. The summed E-state index contributed by atoms with van der Waals surface area (Å²) in [5, 5.41) is 9.98. The predicted molar refractivity (Wildman–Crippen MR) is 79.6 cm³/mol. The van der Waals surface area contributed by atoms with Gasteiger partial charge in [0, 0.05) is 11.8 Å². The van der Waals surface area contributed by atoms with Crippen LogP contribution in [0.4, 0.5) is 0 Å². The van der Waals surface area contributed by atoms with Crippen molar-refractivity contribution in [2.45, 2.75) is 82.8 Å². The van der Waals surface area contributed by atoms with Crippen LogP contribution in [-0.2, 0) is 9.53 Å². The van der Waals surface area contributed by atoms with E-state index < -0.39 is 11.7 Å². The van der Waals surface area contributed by atoms with Crippen molar-refractivity contribution in [2.75, 3.05) is 0 Å². The molecule has 0 bridgehead atoms. The molecule has 4 rings (SSSR count). The van der Waals surface area contributed by atoms with E-state index in [-0.39, 0.29) is 11.4 Å². The number of cyclic esters (lactones) is 1. The van der Waals surface area contributed by atoms with E-state index in [1.165, 1.54) is 57.8 Å². The van der Waals surface area contributed by atoms with Crippen molar-refractivity contribution >= 4 is 5.97 Å². The van der Waals surface area contributed by atoms with Crippen LogP contribution < -0.4 is 0 Å². The molecular weight excluding hydrogens is 264 g/mol. The second kappa shape index (κ2) is 4.71. The maximum Gasteiger partial charge on any atom is 0.335 e. The molecule has 0 amide bonds. The highest BCUT2D eigenvalue weighted by Crippen LogP contribution is 2.65. The zero-order chi connectivity index (χ0) is 14.7. The maximum atomic E-state index is 11.9. The Kier molecular flexibility index (Phi) is 3.15. The summed E-state index contributed by atoms with van der Waals surface area (Å²) in [4.78, 5) is 11.9. The summed E-state index contributed by atoms with van der Waals surface area (Å²) in [6.45, 7) is 2.13. The van der Waals surface area contributed by atoms with Crippen molar-refractivity contribution in [1.82, 2.24) is 0 Å². The number of carbonyl (C=O) groups is 1. The number of hydrogen-bond acceptors (Lipinski definition) is 3. The highest BCUT2D eigenvalue weighted by atomic mass is 16.6. The number of esters is 1. The van der Waals surface area contributed by atoms with E-state index in [4.69, 9.17) is 4.74 Å². The highest BCUT2D eigenvalue weighted by Gasteiger charge is 2.64. The van der Waals surface area contributed by atoms with Gasteiger partial charge in [0.2, 0.25) is 0 Å². The Morgan fingerprint density at radius 1 is 1.05 bits per heavy atom.